The van der Waals surface area contributed by atoms with E-state index in [9.17, 15) is 4.79 Å². The lowest BCUT2D eigenvalue weighted by molar-refractivity contribution is -0.122. The molecular weight excluding hydrogens is 262 g/mol. The molecule has 2 aliphatic rings. The number of carbonyl (C=O) groups excluding carboxylic acids is 1. The lowest BCUT2D eigenvalue weighted by Gasteiger charge is -2.26. The van der Waals surface area contributed by atoms with Crippen LogP contribution in [-0.4, -0.2) is 21.7 Å². The van der Waals surface area contributed by atoms with Crippen LogP contribution in [0.1, 0.15) is 63.1 Å². The molecule has 1 fully saturated rings. The van der Waals surface area contributed by atoms with Crippen molar-refractivity contribution in [2.24, 2.45) is 5.92 Å². The summed E-state index contributed by atoms with van der Waals surface area (Å²) in [5.74, 6) is 0.937. The largest absolute Gasteiger partial charge is 0.352 e. The summed E-state index contributed by atoms with van der Waals surface area (Å²) in [5, 5.41) is 7.79. The number of aromatic nitrogens is 2. The first-order chi connectivity index (χ1) is 10.2. The molecule has 1 aromatic heterocycles. The van der Waals surface area contributed by atoms with E-state index in [1.807, 2.05) is 4.68 Å². The Morgan fingerprint density at radius 2 is 2.00 bits per heavy atom. The van der Waals surface area contributed by atoms with E-state index in [-0.39, 0.29) is 5.91 Å². The van der Waals surface area contributed by atoms with E-state index in [4.69, 9.17) is 0 Å². The van der Waals surface area contributed by atoms with Crippen LogP contribution >= 0.6 is 0 Å². The summed E-state index contributed by atoms with van der Waals surface area (Å²) in [5.41, 5.74) is 2.57. The molecule has 0 spiro atoms. The molecule has 116 valence electrons. The fraction of sp³-hybridized carbons (Fsp3) is 0.765. The van der Waals surface area contributed by atoms with E-state index in [0.29, 0.717) is 12.6 Å². The summed E-state index contributed by atoms with van der Waals surface area (Å²) in [6.07, 6.45) is 12.8. The highest BCUT2D eigenvalue weighted by Gasteiger charge is 2.20. The third-order valence-corrected chi connectivity index (χ3v) is 4.97. The highest BCUT2D eigenvalue weighted by molar-refractivity contribution is 5.76. The number of fused-ring (bicyclic) bond motifs is 1. The molecule has 1 N–H and O–H groups in total. The predicted molar refractivity (Wildman–Crippen MR) is 83.0 cm³/mol. The van der Waals surface area contributed by atoms with Gasteiger partial charge < -0.3 is 5.32 Å². The molecule has 0 aliphatic heterocycles. The fourth-order valence-electron chi connectivity index (χ4n) is 3.61. The number of carbonyl (C=O) groups is 1. The SMILES string of the molecule is CC1CCC(NC(=O)Cn2cc3c(n2)CCCCC3)CC1. The molecule has 1 aromatic rings. The number of nitrogens with zero attached hydrogens (tertiary/aromatic N) is 2. The number of amides is 1. The molecule has 0 bridgehead atoms. The van der Waals surface area contributed by atoms with Gasteiger partial charge in [-0.3, -0.25) is 9.48 Å². The van der Waals surface area contributed by atoms with Gasteiger partial charge in [0.05, 0.1) is 5.69 Å². The second kappa shape index (κ2) is 6.63. The minimum Gasteiger partial charge on any atom is -0.352 e. The Bertz CT molecular complexity index is 463. The van der Waals surface area contributed by atoms with Gasteiger partial charge in [0.2, 0.25) is 5.91 Å². The van der Waals surface area contributed by atoms with Crippen LogP contribution in [0, 0.1) is 5.92 Å². The summed E-state index contributed by atoms with van der Waals surface area (Å²) in [6, 6.07) is 0.377. The van der Waals surface area contributed by atoms with Crippen LogP contribution in [-0.2, 0) is 24.2 Å². The maximum absolute atomic E-state index is 12.2. The van der Waals surface area contributed by atoms with Crippen molar-refractivity contribution in [1.29, 1.82) is 0 Å². The normalized spacial score (nSPS) is 26.0. The van der Waals surface area contributed by atoms with Crippen LogP contribution in [0.15, 0.2) is 6.20 Å². The maximum atomic E-state index is 12.2. The smallest absolute Gasteiger partial charge is 0.241 e. The van der Waals surface area contributed by atoms with Gasteiger partial charge in [-0.15, -0.1) is 0 Å². The maximum Gasteiger partial charge on any atom is 0.241 e. The van der Waals surface area contributed by atoms with Gasteiger partial charge in [-0.2, -0.15) is 5.10 Å². The molecule has 1 saturated carbocycles. The van der Waals surface area contributed by atoms with Gasteiger partial charge in [0.15, 0.2) is 0 Å². The summed E-state index contributed by atoms with van der Waals surface area (Å²) in [6.45, 7) is 2.67. The molecule has 0 saturated heterocycles. The first-order valence-corrected chi connectivity index (χ1v) is 8.55. The zero-order valence-electron chi connectivity index (χ0n) is 13.1. The van der Waals surface area contributed by atoms with Crippen molar-refractivity contribution in [2.75, 3.05) is 0 Å². The van der Waals surface area contributed by atoms with Gasteiger partial charge in [0.1, 0.15) is 6.54 Å². The summed E-state index contributed by atoms with van der Waals surface area (Å²) in [4.78, 5) is 12.2. The van der Waals surface area contributed by atoms with Gasteiger partial charge in [0.25, 0.3) is 0 Å². The molecule has 2 aliphatic carbocycles. The molecule has 3 rings (SSSR count). The lowest BCUT2D eigenvalue weighted by Crippen LogP contribution is -2.39. The van der Waals surface area contributed by atoms with Gasteiger partial charge in [-0.1, -0.05) is 13.3 Å². The van der Waals surface area contributed by atoms with E-state index in [1.54, 1.807) is 0 Å². The second-order valence-electron chi connectivity index (χ2n) is 6.88. The number of rotatable bonds is 3. The Hall–Kier alpha value is -1.32. The van der Waals surface area contributed by atoms with Crippen molar-refractivity contribution in [1.82, 2.24) is 15.1 Å². The van der Waals surface area contributed by atoms with E-state index in [1.165, 1.54) is 43.4 Å². The molecule has 1 heterocycles. The average molecular weight is 289 g/mol. The Kier molecular flexibility index (Phi) is 4.61. The minimum atomic E-state index is 0.118. The van der Waals surface area contributed by atoms with Crippen LogP contribution in [0.25, 0.3) is 0 Å². The number of nitrogens with one attached hydrogen (secondary N) is 1. The molecule has 21 heavy (non-hydrogen) atoms. The molecule has 0 radical (unpaired) electrons. The van der Waals surface area contributed by atoms with E-state index in [2.05, 4.69) is 23.5 Å². The highest BCUT2D eigenvalue weighted by atomic mass is 16.2. The predicted octanol–water partition coefficient (Wildman–Crippen LogP) is 2.85. The Morgan fingerprint density at radius 3 is 2.81 bits per heavy atom. The van der Waals surface area contributed by atoms with Crippen molar-refractivity contribution in [3.05, 3.63) is 17.5 Å². The standard InChI is InChI=1S/C17H27N3O/c1-13-7-9-15(10-8-13)18-17(21)12-20-11-14-5-3-2-4-6-16(14)19-20/h11,13,15H,2-10,12H2,1H3,(H,18,21). The fourth-order valence-corrected chi connectivity index (χ4v) is 3.61. The van der Waals surface area contributed by atoms with Crippen LogP contribution in [0.2, 0.25) is 0 Å². The average Bonchev–Trinajstić information content (AvgIpc) is 2.70. The number of aryl methyl sites for hydroxylation is 2. The molecular formula is C17H27N3O. The van der Waals surface area contributed by atoms with Gasteiger partial charge >= 0.3 is 0 Å². The summed E-state index contributed by atoms with van der Waals surface area (Å²) < 4.78 is 1.84. The van der Waals surface area contributed by atoms with E-state index >= 15 is 0 Å². The van der Waals surface area contributed by atoms with Crippen molar-refractivity contribution >= 4 is 5.91 Å². The molecule has 4 nitrogen and oxygen atoms in total. The van der Waals surface area contributed by atoms with Crippen molar-refractivity contribution in [3.63, 3.8) is 0 Å². The molecule has 0 aromatic carbocycles. The van der Waals surface area contributed by atoms with Crippen LogP contribution in [0.3, 0.4) is 0 Å². The quantitative estimate of drug-likeness (QED) is 0.870. The topological polar surface area (TPSA) is 46.9 Å². The van der Waals surface area contributed by atoms with E-state index in [0.717, 1.165) is 31.6 Å². The first-order valence-electron chi connectivity index (χ1n) is 8.55. The zero-order valence-corrected chi connectivity index (χ0v) is 13.1. The highest BCUT2D eigenvalue weighted by Crippen LogP contribution is 2.23. The van der Waals surface area contributed by atoms with Crippen LogP contribution in [0.5, 0.6) is 0 Å². The van der Waals surface area contributed by atoms with Crippen molar-refractivity contribution in [2.45, 2.75) is 77.3 Å². The Balaban J connectivity index is 1.53. The zero-order chi connectivity index (χ0) is 14.7. The van der Waals surface area contributed by atoms with Gasteiger partial charge in [-0.05, 0) is 62.8 Å². The molecule has 1 amide bonds. The van der Waals surface area contributed by atoms with Crippen molar-refractivity contribution < 1.29 is 4.79 Å². The minimum absolute atomic E-state index is 0.118. The molecule has 0 atom stereocenters. The summed E-state index contributed by atoms with van der Waals surface area (Å²) >= 11 is 0. The van der Waals surface area contributed by atoms with Crippen molar-refractivity contribution in [3.8, 4) is 0 Å². The van der Waals surface area contributed by atoms with Crippen LogP contribution in [0.4, 0.5) is 0 Å². The third kappa shape index (κ3) is 3.86. The number of hydrogen-bond donors (Lipinski definition) is 1. The number of hydrogen-bond acceptors (Lipinski definition) is 2. The monoisotopic (exact) mass is 289 g/mol. The second-order valence-corrected chi connectivity index (χ2v) is 6.88. The Labute approximate surface area is 127 Å². The lowest BCUT2D eigenvalue weighted by atomic mass is 9.87. The van der Waals surface area contributed by atoms with Gasteiger partial charge in [0, 0.05) is 12.2 Å². The Morgan fingerprint density at radius 1 is 1.24 bits per heavy atom. The molecule has 0 unspecified atom stereocenters. The third-order valence-electron chi connectivity index (χ3n) is 4.97. The molecule has 4 heteroatoms. The van der Waals surface area contributed by atoms with Crippen LogP contribution < -0.4 is 5.32 Å². The first kappa shape index (κ1) is 14.6. The van der Waals surface area contributed by atoms with Gasteiger partial charge in [-0.25, -0.2) is 0 Å². The summed E-state index contributed by atoms with van der Waals surface area (Å²) in [7, 11) is 0. The van der Waals surface area contributed by atoms with E-state index < -0.39 is 0 Å².